The fourth-order valence-electron chi connectivity index (χ4n) is 3.95. The molecule has 2 aromatic carbocycles. The van der Waals surface area contributed by atoms with Crippen molar-refractivity contribution in [2.75, 3.05) is 13.7 Å². The van der Waals surface area contributed by atoms with Crippen molar-refractivity contribution in [3.63, 3.8) is 0 Å². The number of thioether (sulfide) groups is 1. The molecule has 1 saturated carbocycles. The molecule has 1 aliphatic rings. The van der Waals surface area contributed by atoms with Crippen LogP contribution < -0.4 is 10.9 Å². The highest BCUT2D eigenvalue weighted by Gasteiger charge is 2.19. The Morgan fingerprint density at radius 2 is 2.06 bits per heavy atom. The van der Waals surface area contributed by atoms with Gasteiger partial charge in [0.15, 0.2) is 5.16 Å². The summed E-state index contributed by atoms with van der Waals surface area (Å²) >= 11 is 7.57. The Morgan fingerprint density at radius 1 is 1.25 bits per heavy atom. The molecule has 0 radical (unpaired) electrons. The molecule has 32 heavy (non-hydrogen) atoms. The Bertz CT molecular complexity index is 1170. The summed E-state index contributed by atoms with van der Waals surface area (Å²) in [5.41, 5.74) is 1.95. The molecule has 0 atom stereocenters. The number of carbonyl (C=O) groups excluding carboxylic acids is 1. The lowest BCUT2D eigenvalue weighted by molar-refractivity contribution is 0.0938. The molecule has 0 bridgehead atoms. The molecule has 1 aromatic heterocycles. The van der Waals surface area contributed by atoms with Gasteiger partial charge in [0.05, 0.1) is 24.1 Å². The van der Waals surface area contributed by atoms with Crippen molar-refractivity contribution < 1.29 is 9.53 Å². The van der Waals surface area contributed by atoms with E-state index in [-0.39, 0.29) is 17.5 Å². The van der Waals surface area contributed by atoms with Gasteiger partial charge in [-0.2, -0.15) is 0 Å². The quantitative estimate of drug-likeness (QED) is 0.382. The molecule has 1 N–H and O–H groups in total. The highest BCUT2D eigenvalue weighted by Crippen LogP contribution is 2.24. The molecule has 0 unspecified atom stereocenters. The van der Waals surface area contributed by atoms with Gasteiger partial charge in [-0.15, -0.1) is 0 Å². The monoisotopic (exact) mass is 471 g/mol. The van der Waals surface area contributed by atoms with Gasteiger partial charge < -0.3 is 10.1 Å². The van der Waals surface area contributed by atoms with Gasteiger partial charge in [-0.3, -0.25) is 14.2 Å². The molecule has 8 heteroatoms. The maximum Gasteiger partial charge on any atom is 0.262 e. The van der Waals surface area contributed by atoms with Gasteiger partial charge in [-0.1, -0.05) is 48.3 Å². The van der Waals surface area contributed by atoms with E-state index in [0.717, 1.165) is 31.2 Å². The van der Waals surface area contributed by atoms with Gasteiger partial charge in [0.1, 0.15) is 0 Å². The summed E-state index contributed by atoms with van der Waals surface area (Å²) < 4.78 is 6.83. The third kappa shape index (κ3) is 5.34. The van der Waals surface area contributed by atoms with E-state index in [1.165, 1.54) is 11.8 Å². The van der Waals surface area contributed by atoms with Crippen LogP contribution in [0.25, 0.3) is 10.9 Å². The fourth-order valence-corrected chi connectivity index (χ4v) is 5.13. The van der Waals surface area contributed by atoms with E-state index in [1.807, 2.05) is 24.3 Å². The van der Waals surface area contributed by atoms with Crippen LogP contribution in [-0.4, -0.2) is 35.2 Å². The first-order valence-electron chi connectivity index (χ1n) is 10.8. The molecule has 4 rings (SSSR count). The van der Waals surface area contributed by atoms with Crippen LogP contribution in [0.2, 0.25) is 5.02 Å². The Hall–Kier alpha value is -2.35. The van der Waals surface area contributed by atoms with Gasteiger partial charge in [0.2, 0.25) is 0 Å². The maximum absolute atomic E-state index is 13.2. The van der Waals surface area contributed by atoms with Crippen LogP contribution >= 0.6 is 23.4 Å². The number of nitrogens with zero attached hydrogens (tertiary/aromatic N) is 2. The minimum absolute atomic E-state index is 0.114. The number of ether oxygens (including phenoxy) is 1. The third-order valence-electron chi connectivity index (χ3n) is 5.65. The predicted octanol–water partition coefficient (Wildman–Crippen LogP) is 4.66. The van der Waals surface area contributed by atoms with Crippen molar-refractivity contribution in [2.45, 2.75) is 49.2 Å². The number of rotatable bonds is 8. The van der Waals surface area contributed by atoms with E-state index in [4.69, 9.17) is 21.3 Å². The number of carbonyl (C=O) groups is 1. The highest BCUT2D eigenvalue weighted by molar-refractivity contribution is 7.98. The smallest absolute Gasteiger partial charge is 0.262 e. The zero-order valence-corrected chi connectivity index (χ0v) is 19.5. The Kier molecular flexibility index (Phi) is 7.50. The third-order valence-corrected chi connectivity index (χ3v) is 6.93. The van der Waals surface area contributed by atoms with Crippen LogP contribution in [0.1, 0.15) is 41.6 Å². The first-order valence-corrected chi connectivity index (χ1v) is 12.1. The normalized spacial score (nSPS) is 14.2. The number of methoxy groups -OCH3 is 1. The summed E-state index contributed by atoms with van der Waals surface area (Å²) in [4.78, 5) is 30.7. The van der Waals surface area contributed by atoms with Gasteiger partial charge in [0, 0.05) is 29.5 Å². The molecule has 6 nitrogen and oxygen atoms in total. The lowest BCUT2D eigenvalue weighted by Crippen LogP contribution is -2.32. The standard InChI is InChI=1S/C24H26ClN3O3S/c1-31-12-11-28-23(30)20-10-9-17(22(29)26-19-7-2-3-8-19)14-21(20)27-24(28)32-15-16-5-4-6-18(25)13-16/h4-6,9-10,13-14,19H,2-3,7-8,11-12,15H2,1H3,(H,26,29). The van der Waals surface area contributed by atoms with Gasteiger partial charge in [-0.25, -0.2) is 4.98 Å². The molecule has 1 heterocycles. The Morgan fingerprint density at radius 3 is 2.81 bits per heavy atom. The maximum atomic E-state index is 13.2. The molecule has 1 aliphatic carbocycles. The van der Waals surface area contributed by atoms with Crippen molar-refractivity contribution in [1.29, 1.82) is 0 Å². The lowest BCUT2D eigenvalue weighted by atomic mass is 10.1. The summed E-state index contributed by atoms with van der Waals surface area (Å²) in [7, 11) is 1.60. The number of nitrogens with one attached hydrogen (secondary N) is 1. The first kappa shape index (κ1) is 22.8. The zero-order valence-electron chi connectivity index (χ0n) is 18.0. The molecule has 3 aromatic rings. The summed E-state index contributed by atoms with van der Waals surface area (Å²) in [6.45, 7) is 0.805. The Labute approximate surface area is 196 Å². The Balaban J connectivity index is 1.65. The SMILES string of the molecule is COCCn1c(SCc2cccc(Cl)c2)nc2cc(C(=O)NC3CCCC3)ccc2c1=O. The van der Waals surface area contributed by atoms with Crippen LogP contribution in [0.3, 0.4) is 0 Å². The van der Waals surface area contributed by atoms with Crippen LogP contribution in [0.5, 0.6) is 0 Å². The van der Waals surface area contributed by atoms with Crippen LogP contribution in [-0.2, 0) is 17.0 Å². The van der Waals surface area contributed by atoms with E-state index >= 15 is 0 Å². The van der Waals surface area contributed by atoms with Crippen molar-refractivity contribution >= 4 is 40.2 Å². The second kappa shape index (κ2) is 10.5. The van der Waals surface area contributed by atoms with Gasteiger partial charge in [0.25, 0.3) is 11.5 Å². The first-order chi connectivity index (χ1) is 15.5. The van der Waals surface area contributed by atoms with Crippen molar-refractivity contribution in [3.05, 3.63) is 69.0 Å². The number of halogens is 1. The largest absolute Gasteiger partial charge is 0.383 e. The second-order valence-corrected chi connectivity index (χ2v) is 9.33. The number of amides is 1. The average molecular weight is 472 g/mol. The van der Waals surface area contributed by atoms with E-state index in [9.17, 15) is 9.59 Å². The summed E-state index contributed by atoms with van der Waals surface area (Å²) in [5.74, 6) is 0.505. The van der Waals surface area contributed by atoms with E-state index in [2.05, 4.69) is 5.32 Å². The summed E-state index contributed by atoms with van der Waals surface area (Å²) in [5, 5.41) is 4.85. The number of benzene rings is 2. The van der Waals surface area contributed by atoms with Crippen LogP contribution in [0.4, 0.5) is 0 Å². The highest BCUT2D eigenvalue weighted by atomic mass is 35.5. The molecule has 1 fully saturated rings. The van der Waals surface area contributed by atoms with Crippen LogP contribution in [0.15, 0.2) is 52.4 Å². The van der Waals surface area contributed by atoms with Crippen LogP contribution in [0, 0.1) is 0 Å². The van der Waals surface area contributed by atoms with Gasteiger partial charge >= 0.3 is 0 Å². The van der Waals surface area contributed by atoms with Crippen molar-refractivity contribution in [3.8, 4) is 0 Å². The molecule has 0 spiro atoms. The molecule has 1 amide bonds. The molecule has 0 aliphatic heterocycles. The van der Waals surface area contributed by atoms with E-state index < -0.39 is 0 Å². The summed E-state index contributed by atoms with van der Waals surface area (Å²) in [6.07, 6.45) is 4.34. The molecule has 168 valence electrons. The lowest BCUT2D eigenvalue weighted by Gasteiger charge is -2.14. The van der Waals surface area contributed by atoms with Crippen molar-refractivity contribution in [1.82, 2.24) is 14.9 Å². The molecular weight excluding hydrogens is 446 g/mol. The van der Waals surface area contributed by atoms with E-state index in [1.54, 1.807) is 29.9 Å². The van der Waals surface area contributed by atoms with E-state index in [0.29, 0.717) is 45.5 Å². The molecular formula is C24H26ClN3O3S. The fraction of sp³-hybridized carbons (Fsp3) is 0.375. The number of aromatic nitrogens is 2. The number of fused-ring (bicyclic) bond motifs is 1. The second-order valence-electron chi connectivity index (χ2n) is 7.95. The van der Waals surface area contributed by atoms with Crippen molar-refractivity contribution in [2.24, 2.45) is 0 Å². The van der Waals surface area contributed by atoms with Gasteiger partial charge in [-0.05, 0) is 48.7 Å². The average Bonchev–Trinajstić information content (AvgIpc) is 3.30. The minimum atomic E-state index is -0.136. The molecule has 0 saturated heterocycles. The zero-order chi connectivity index (χ0) is 22.5. The number of hydrogen-bond donors (Lipinski definition) is 1. The predicted molar refractivity (Wildman–Crippen MR) is 129 cm³/mol. The number of hydrogen-bond acceptors (Lipinski definition) is 5. The minimum Gasteiger partial charge on any atom is -0.383 e. The topological polar surface area (TPSA) is 73.2 Å². The summed E-state index contributed by atoms with van der Waals surface area (Å²) in [6, 6.07) is 13.0.